The van der Waals surface area contributed by atoms with E-state index in [0.29, 0.717) is 47.2 Å². The van der Waals surface area contributed by atoms with Gasteiger partial charge >= 0.3 is 5.97 Å². The maximum atomic E-state index is 13.7. The maximum Gasteiger partial charge on any atom is 0.341 e. The molecule has 1 aliphatic heterocycles. The lowest BCUT2D eigenvalue weighted by molar-refractivity contribution is -0.129. The summed E-state index contributed by atoms with van der Waals surface area (Å²) in [6.45, 7) is 10.3. The van der Waals surface area contributed by atoms with Gasteiger partial charge in [0, 0.05) is 34.5 Å². The summed E-state index contributed by atoms with van der Waals surface area (Å²) >= 11 is 2.57. The second kappa shape index (κ2) is 17.3. The maximum absolute atomic E-state index is 13.7. The van der Waals surface area contributed by atoms with Gasteiger partial charge < -0.3 is 25.6 Å². The zero-order valence-corrected chi connectivity index (χ0v) is 31.4. The van der Waals surface area contributed by atoms with Crippen molar-refractivity contribution in [3.63, 3.8) is 0 Å². The highest BCUT2D eigenvalue weighted by Gasteiger charge is 2.31. The molecule has 0 bridgehead atoms. The SMILES string of the molecule is CCOC(=O)c1c(NC(=O)C(C)Sc2cccc(NC(=O)/C(=C\c3ccc(C(C)C)cc3)NC(=O)c3ccccc3)c2)sc2c1CCN(C(C)=O)C2. The minimum atomic E-state index is -0.580. The molecule has 1 aliphatic rings. The van der Waals surface area contributed by atoms with E-state index in [-0.39, 0.29) is 24.1 Å². The second-order valence-electron chi connectivity index (χ2n) is 12.5. The average Bonchev–Trinajstić information content (AvgIpc) is 3.49. The Morgan fingerprint density at radius 1 is 0.942 bits per heavy atom. The van der Waals surface area contributed by atoms with Crippen LogP contribution in [0.3, 0.4) is 0 Å². The highest BCUT2D eigenvalue weighted by molar-refractivity contribution is 8.00. The van der Waals surface area contributed by atoms with E-state index in [1.165, 1.54) is 30.0 Å². The number of thiophene rings is 1. The van der Waals surface area contributed by atoms with Crippen molar-refractivity contribution in [3.05, 3.63) is 117 Å². The molecule has 5 rings (SSSR count). The van der Waals surface area contributed by atoms with E-state index in [0.717, 1.165) is 26.5 Å². The Hall–Kier alpha value is -5.20. The third kappa shape index (κ3) is 9.56. The average molecular weight is 739 g/mol. The fourth-order valence-corrected chi connectivity index (χ4v) is 7.76. The molecule has 4 amide bonds. The third-order valence-electron chi connectivity index (χ3n) is 8.44. The minimum absolute atomic E-state index is 0.0497. The van der Waals surface area contributed by atoms with E-state index >= 15 is 0 Å². The molecule has 2 heterocycles. The number of amides is 4. The van der Waals surface area contributed by atoms with Gasteiger partial charge in [-0.05, 0) is 79.3 Å². The van der Waals surface area contributed by atoms with Gasteiger partial charge in [-0.15, -0.1) is 23.1 Å². The molecule has 0 spiro atoms. The Balaban J connectivity index is 1.30. The van der Waals surface area contributed by atoms with Gasteiger partial charge in [0.1, 0.15) is 10.7 Å². The van der Waals surface area contributed by atoms with Crippen molar-refractivity contribution in [2.45, 2.75) is 63.6 Å². The quantitative estimate of drug-likeness (QED) is 0.0780. The van der Waals surface area contributed by atoms with Gasteiger partial charge in [0.25, 0.3) is 11.8 Å². The molecule has 4 aromatic rings. The van der Waals surface area contributed by atoms with Gasteiger partial charge in [-0.25, -0.2) is 4.79 Å². The van der Waals surface area contributed by atoms with Crippen LogP contribution in [0.1, 0.15) is 82.8 Å². The molecule has 1 atom stereocenters. The Labute approximate surface area is 312 Å². The van der Waals surface area contributed by atoms with E-state index in [9.17, 15) is 24.0 Å². The molecule has 1 aromatic heterocycles. The summed E-state index contributed by atoms with van der Waals surface area (Å²) in [5.74, 6) is -1.45. The number of carbonyl (C=O) groups is 5. The molecule has 12 heteroatoms. The first kappa shape index (κ1) is 38.0. The third-order valence-corrected chi connectivity index (χ3v) is 10.7. The van der Waals surface area contributed by atoms with Crippen LogP contribution in [-0.2, 0) is 32.1 Å². The highest BCUT2D eigenvalue weighted by Crippen LogP contribution is 2.38. The van der Waals surface area contributed by atoms with E-state index in [4.69, 9.17) is 4.74 Å². The van der Waals surface area contributed by atoms with Crippen LogP contribution in [0.5, 0.6) is 0 Å². The monoisotopic (exact) mass is 738 g/mol. The predicted octanol–water partition coefficient (Wildman–Crippen LogP) is 7.48. The van der Waals surface area contributed by atoms with Crippen LogP contribution < -0.4 is 16.0 Å². The molecule has 52 heavy (non-hydrogen) atoms. The summed E-state index contributed by atoms with van der Waals surface area (Å²) in [5, 5.41) is 8.42. The Bertz CT molecular complexity index is 1990. The number of rotatable bonds is 12. The van der Waals surface area contributed by atoms with Gasteiger partial charge in [0.2, 0.25) is 11.8 Å². The first-order valence-corrected chi connectivity index (χ1v) is 18.8. The first-order chi connectivity index (χ1) is 24.9. The van der Waals surface area contributed by atoms with Crippen LogP contribution in [0, 0.1) is 0 Å². The van der Waals surface area contributed by atoms with Crippen molar-refractivity contribution in [1.29, 1.82) is 0 Å². The molecule has 10 nitrogen and oxygen atoms in total. The van der Waals surface area contributed by atoms with Gasteiger partial charge in [-0.3, -0.25) is 19.2 Å². The van der Waals surface area contributed by atoms with Crippen LogP contribution in [0.25, 0.3) is 6.08 Å². The summed E-state index contributed by atoms with van der Waals surface area (Å²) in [6.07, 6.45) is 2.13. The number of ether oxygens (including phenoxy) is 1. The van der Waals surface area contributed by atoms with E-state index in [1.54, 1.807) is 67.3 Å². The zero-order valence-electron chi connectivity index (χ0n) is 29.8. The van der Waals surface area contributed by atoms with Gasteiger partial charge in [-0.2, -0.15) is 0 Å². The van der Waals surface area contributed by atoms with Gasteiger partial charge in [-0.1, -0.05) is 62.4 Å². The summed E-state index contributed by atoms with van der Waals surface area (Å²) in [7, 11) is 0. The summed E-state index contributed by atoms with van der Waals surface area (Å²) in [5.41, 5.74) is 4.02. The van der Waals surface area contributed by atoms with Crippen molar-refractivity contribution in [2.24, 2.45) is 0 Å². The standard InChI is InChI=1S/C40H42N4O6S2/c1-6-50-40(49)35-32-19-20-44(26(5)45)23-34(32)52-39(35)43-36(46)25(4)51-31-14-10-13-30(22-31)41-38(48)33(42-37(47)29-11-8-7-9-12-29)21-27-15-17-28(18-16-27)24(2)3/h7-18,21-22,24-25H,6,19-20,23H2,1-5H3,(H,41,48)(H,42,47)(H,43,46)/b33-21+. The number of nitrogens with one attached hydrogen (secondary N) is 3. The predicted molar refractivity (Wildman–Crippen MR) is 207 cm³/mol. The largest absolute Gasteiger partial charge is 0.462 e. The molecule has 1 unspecified atom stereocenters. The Morgan fingerprint density at radius 3 is 2.35 bits per heavy atom. The van der Waals surface area contributed by atoms with Gasteiger partial charge in [0.05, 0.1) is 24.0 Å². The highest BCUT2D eigenvalue weighted by atomic mass is 32.2. The van der Waals surface area contributed by atoms with Crippen molar-refractivity contribution in [2.75, 3.05) is 23.8 Å². The fourth-order valence-electron chi connectivity index (χ4n) is 5.58. The smallest absolute Gasteiger partial charge is 0.341 e. The topological polar surface area (TPSA) is 134 Å². The van der Waals surface area contributed by atoms with Gasteiger partial charge in [0.15, 0.2) is 0 Å². The molecule has 3 N–H and O–H groups in total. The minimum Gasteiger partial charge on any atom is -0.462 e. The molecule has 3 aromatic carbocycles. The number of anilines is 2. The van der Waals surface area contributed by atoms with Crippen molar-refractivity contribution < 1.29 is 28.7 Å². The number of fused-ring (bicyclic) bond motifs is 1. The van der Waals surface area contributed by atoms with Crippen LogP contribution in [0.15, 0.2) is 89.5 Å². The van der Waals surface area contributed by atoms with Crippen LogP contribution >= 0.6 is 23.1 Å². The molecule has 0 aliphatic carbocycles. The number of hydrogen-bond acceptors (Lipinski definition) is 8. The van der Waals surface area contributed by atoms with E-state index in [2.05, 4.69) is 29.8 Å². The number of nitrogens with zero attached hydrogens (tertiary/aromatic N) is 1. The molecular formula is C40H42N4O6S2. The lowest BCUT2D eigenvalue weighted by Crippen LogP contribution is -2.34. The van der Waals surface area contributed by atoms with Crippen molar-refractivity contribution in [1.82, 2.24) is 10.2 Å². The summed E-state index contributed by atoms with van der Waals surface area (Å²) in [4.78, 5) is 68.5. The normalized spacial score (nSPS) is 13.2. The van der Waals surface area contributed by atoms with Crippen LogP contribution in [0.4, 0.5) is 10.7 Å². The second-order valence-corrected chi connectivity index (χ2v) is 15.1. The fraction of sp³-hybridized carbons (Fsp3) is 0.275. The van der Waals surface area contributed by atoms with E-state index < -0.39 is 23.0 Å². The number of esters is 1. The molecular weight excluding hydrogens is 697 g/mol. The Kier molecular flexibility index (Phi) is 12.7. The number of hydrogen-bond donors (Lipinski definition) is 3. The first-order valence-electron chi connectivity index (χ1n) is 17.1. The van der Waals surface area contributed by atoms with Crippen LogP contribution in [-0.4, -0.2) is 52.9 Å². The Morgan fingerprint density at radius 2 is 1.67 bits per heavy atom. The van der Waals surface area contributed by atoms with Crippen LogP contribution in [0.2, 0.25) is 0 Å². The number of benzene rings is 3. The number of thioether (sulfide) groups is 1. The molecule has 0 saturated carbocycles. The van der Waals surface area contributed by atoms with E-state index in [1.807, 2.05) is 36.4 Å². The summed E-state index contributed by atoms with van der Waals surface area (Å²) < 4.78 is 5.33. The van der Waals surface area contributed by atoms with Crippen molar-refractivity contribution >= 4 is 69.5 Å². The van der Waals surface area contributed by atoms with Crippen molar-refractivity contribution in [3.8, 4) is 0 Å². The molecule has 0 radical (unpaired) electrons. The lowest BCUT2D eigenvalue weighted by Gasteiger charge is -2.25. The molecule has 0 saturated heterocycles. The lowest BCUT2D eigenvalue weighted by atomic mass is 10.0. The summed E-state index contributed by atoms with van der Waals surface area (Å²) in [6, 6.07) is 23.6. The molecule has 270 valence electrons. The molecule has 0 fully saturated rings. The zero-order chi connectivity index (χ0) is 37.4. The number of carbonyl (C=O) groups excluding carboxylic acids is 5.